The Morgan fingerprint density at radius 1 is 1.25 bits per heavy atom. The molecule has 0 aliphatic heterocycles. The van der Waals surface area contributed by atoms with Gasteiger partial charge in [-0.15, -0.1) is 0 Å². The lowest BCUT2D eigenvalue weighted by atomic mass is 9.94. The van der Waals surface area contributed by atoms with Crippen LogP contribution in [0.2, 0.25) is 0 Å². The van der Waals surface area contributed by atoms with E-state index in [1.807, 2.05) is 38.1 Å². The summed E-state index contributed by atoms with van der Waals surface area (Å²) in [5.41, 5.74) is 1.67. The molecule has 0 aliphatic carbocycles. The fraction of sp³-hybridized carbons (Fsp3) is 0.278. The first kappa shape index (κ1) is 16.0. The van der Waals surface area contributed by atoms with E-state index in [1.165, 1.54) is 6.39 Å². The molecule has 0 fully saturated rings. The van der Waals surface area contributed by atoms with Crippen molar-refractivity contribution < 1.29 is 14.3 Å². The Hall–Kier alpha value is -2.89. The van der Waals surface area contributed by atoms with Gasteiger partial charge in [-0.25, -0.2) is 4.98 Å². The van der Waals surface area contributed by atoms with Gasteiger partial charge in [0.05, 0.1) is 11.7 Å². The number of phenols is 1. The highest BCUT2D eigenvalue weighted by molar-refractivity contribution is 5.93. The molecule has 0 aliphatic rings. The highest BCUT2D eigenvalue weighted by Gasteiger charge is 2.25. The fourth-order valence-electron chi connectivity index (χ4n) is 2.73. The molecule has 0 spiro atoms. The molecule has 0 saturated carbocycles. The first-order valence-electron chi connectivity index (χ1n) is 7.76. The third-order valence-corrected chi connectivity index (χ3v) is 4.02. The van der Waals surface area contributed by atoms with Crippen LogP contribution in [-0.2, 0) is 0 Å². The maximum atomic E-state index is 12.4. The minimum absolute atomic E-state index is 0.0595. The number of nitrogens with zero attached hydrogens (tertiary/aromatic N) is 2. The van der Waals surface area contributed by atoms with E-state index in [1.54, 1.807) is 13.1 Å². The van der Waals surface area contributed by atoms with Gasteiger partial charge >= 0.3 is 0 Å². The van der Waals surface area contributed by atoms with Gasteiger partial charge < -0.3 is 14.8 Å². The highest BCUT2D eigenvalue weighted by atomic mass is 16.3. The first-order chi connectivity index (χ1) is 11.5. The number of oxazole rings is 1. The predicted molar refractivity (Wildman–Crippen MR) is 89.7 cm³/mol. The van der Waals surface area contributed by atoms with Crippen LogP contribution in [0.25, 0.3) is 10.9 Å². The van der Waals surface area contributed by atoms with Crippen LogP contribution in [0.3, 0.4) is 0 Å². The van der Waals surface area contributed by atoms with Gasteiger partial charge in [-0.05, 0) is 18.9 Å². The number of hydrogen-bond acceptors (Lipinski definition) is 5. The van der Waals surface area contributed by atoms with Crippen LogP contribution >= 0.6 is 0 Å². The molecule has 0 radical (unpaired) electrons. The minimum Gasteiger partial charge on any atom is -0.505 e. The second-order valence-corrected chi connectivity index (χ2v) is 6.04. The van der Waals surface area contributed by atoms with Gasteiger partial charge in [0, 0.05) is 17.1 Å². The van der Waals surface area contributed by atoms with Crippen LogP contribution in [0.4, 0.5) is 0 Å². The van der Waals surface area contributed by atoms with Gasteiger partial charge in [-0.2, -0.15) is 0 Å². The summed E-state index contributed by atoms with van der Waals surface area (Å²) in [4.78, 5) is 20.6. The van der Waals surface area contributed by atoms with Crippen molar-refractivity contribution in [3.05, 3.63) is 53.9 Å². The van der Waals surface area contributed by atoms with E-state index in [2.05, 4.69) is 15.3 Å². The van der Waals surface area contributed by atoms with Gasteiger partial charge in [-0.3, -0.25) is 9.78 Å². The molecule has 6 nitrogen and oxygen atoms in total. The molecule has 2 N–H and O–H groups in total. The molecule has 124 valence electrons. The molecule has 1 aromatic carbocycles. The maximum absolute atomic E-state index is 12.4. The number of fused-ring (bicyclic) bond motifs is 1. The van der Waals surface area contributed by atoms with Crippen molar-refractivity contribution in [1.82, 2.24) is 15.3 Å². The van der Waals surface area contributed by atoms with Gasteiger partial charge in [0.15, 0.2) is 6.39 Å². The van der Waals surface area contributed by atoms with Crippen LogP contribution in [0.15, 0.2) is 41.3 Å². The number of aromatic nitrogens is 2. The average Bonchev–Trinajstić information content (AvgIpc) is 2.99. The zero-order valence-corrected chi connectivity index (χ0v) is 13.8. The van der Waals surface area contributed by atoms with Gasteiger partial charge in [0.25, 0.3) is 5.91 Å². The van der Waals surface area contributed by atoms with Gasteiger partial charge in [0.1, 0.15) is 11.3 Å². The van der Waals surface area contributed by atoms with Crippen LogP contribution in [-0.4, -0.2) is 21.0 Å². The normalized spacial score (nSPS) is 12.5. The molecule has 24 heavy (non-hydrogen) atoms. The van der Waals surface area contributed by atoms with Gasteiger partial charge in [-0.1, -0.05) is 32.0 Å². The lowest BCUT2D eigenvalue weighted by Crippen LogP contribution is -2.32. The molecule has 2 heterocycles. The summed E-state index contributed by atoms with van der Waals surface area (Å²) < 4.78 is 5.15. The second kappa shape index (κ2) is 6.31. The summed E-state index contributed by atoms with van der Waals surface area (Å²) in [6.45, 7) is 5.65. The van der Waals surface area contributed by atoms with E-state index in [9.17, 15) is 9.90 Å². The quantitative estimate of drug-likeness (QED) is 0.768. The van der Waals surface area contributed by atoms with Crippen molar-refractivity contribution in [3.63, 3.8) is 0 Å². The minimum atomic E-state index is -0.381. The number of aromatic hydroxyl groups is 1. The molecule has 3 aromatic rings. The average molecular weight is 325 g/mol. The number of amides is 1. The van der Waals surface area contributed by atoms with Crippen LogP contribution in [0.1, 0.15) is 41.7 Å². The standard InChI is InChI=1S/C18H19N3O3/c1-10(2)14(21-18(23)17-11(3)20-9-24-17)13-7-6-12-5-4-8-19-15(12)16(13)22/h4-10,14,22H,1-3H3,(H,21,23). The van der Waals surface area contributed by atoms with E-state index in [0.717, 1.165) is 5.39 Å². The molecule has 0 saturated heterocycles. The summed E-state index contributed by atoms with van der Waals surface area (Å²) in [5, 5.41) is 14.4. The molecule has 2 aromatic heterocycles. The SMILES string of the molecule is Cc1ncoc1C(=O)NC(c1ccc2cccnc2c1O)C(C)C. The summed E-state index contributed by atoms with van der Waals surface area (Å²) >= 11 is 0. The van der Waals surface area contributed by atoms with Crippen LogP contribution < -0.4 is 5.32 Å². The number of pyridine rings is 1. The molecule has 1 amide bonds. The Kier molecular flexibility index (Phi) is 4.20. The zero-order chi connectivity index (χ0) is 17.3. The lowest BCUT2D eigenvalue weighted by Gasteiger charge is -2.23. The molecule has 1 atom stereocenters. The Labute approximate surface area is 139 Å². The number of aryl methyl sites for hydroxylation is 1. The number of carbonyl (C=O) groups is 1. The third kappa shape index (κ3) is 2.82. The Morgan fingerprint density at radius 2 is 2.04 bits per heavy atom. The highest BCUT2D eigenvalue weighted by Crippen LogP contribution is 2.34. The summed E-state index contributed by atoms with van der Waals surface area (Å²) in [6, 6.07) is 7.02. The second-order valence-electron chi connectivity index (χ2n) is 6.04. The Morgan fingerprint density at radius 3 is 2.71 bits per heavy atom. The van der Waals surface area contributed by atoms with E-state index in [-0.39, 0.29) is 29.4 Å². The van der Waals surface area contributed by atoms with Crippen molar-refractivity contribution in [2.75, 3.05) is 0 Å². The van der Waals surface area contributed by atoms with E-state index >= 15 is 0 Å². The number of rotatable bonds is 4. The van der Waals surface area contributed by atoms with E-state index in [0.29, 0.717) is 16.8 Å². The number of nitrogens with one attached hydrogen (secondary N) is 1. The smallest absolute Gasteiger partial charge is 0.289 e. The number of phenolic OH excluding ortho intramolecular Hbond substituents is 1. The maximum Gasteiger partial charge on any atom is 0.289 e. The molecule has 1 unspecified atom stereocenters. The van der Waals surface area contributed by atoms with E-state index < -0.39 is 0 Å². The number of benzene rings is 1. The van der Waals surface area contributed by atoms with Crippen molar-refractivity contribution in [3.8, 4) is 5.75 Å². The summed E-state index contributed by atoms with van der Waals surface area (Å²) in [6.07, 6.45) is 2.87. The third-order valence-electron chi connectivity index (χ3n) is 4.02. The van der Waals surface area contributed by atoms with Crippen molar-refractivity contribution >= 4 is 16.8 Å². The molecule has 0 bridgehead atoms. The number of carbonyl (C=O) groups excluding carboxylic acids is 1. The number of hydrogen-bond donors (Lipinski definition) is 2. The molecular weight excluding hydrogens is 306 g/mol. The van der Waals surface area contributed by atoms with Crippen LogP contribution in [0.5, 0.6) is 5.75 Å². The molecule has 3 rings (SSSR count). The topological polar surface area (TPSA) is 88.3 Å². The van der Waals surface area contributed by atoms with Crippen molar-refractivity contribution in [1.29, 1.82) is 0 Å². The largest absolute Gasteiger partial charge is 0.505 e. The molecule has 6 heteroatoms. The fourth-order valence-corrected chi connectivity index (χ4v) is 2.73. The predicted octanol–water partition coefficient (Wildman–Crippen LogP) is 3.36. The molecular formula is C18H19N3O3. The van der Waals surface area contributed by atoms with Gasteiger partial charge in [0.2, 0.25) is 5.76 Å². The Balaban J connectivity index is 1.98. The first-order valence-corrected chi connectivity index (χ1v) is 7.76. The zero-order valence-electron chi connectivity index (χ0n) is 13.8. The van der Waals surface area contributed by atoms with E-state index in [4.69, 9.17) is 4.42 Å². The summed E-state index contributed by atoms with van der Waals surface area (Å²) in [7, 11) is 0. The monoisotopic (exact) mass is 325 g/mol. The summed E-state index contributed by atoms with van der Waals surface area (Å²) in [5.74, 6) is -0.0334. The van der Waals surface area contributed by atoms with Crippen molar-refractivity contribution in [2.24, 2.45) is 5.92 Å². The van der Waals surface area contributed by atoms with Crippen LogP contribution in [0, 0.1) is 12.8 Å². The van der Waals surface area contributed by atoms with Crippen molar-refractivity contribution in [2.45, 2.75) is 26.8 Å². The Bertz CT molecular complexity index is 886. The lowest BCUT2D eigenvalue weighted by molar-refractivity contribution is 0.0896.